The van der Waals surface area contributed by atoms with Crippen molar-refractivity contribution < 1.29 is 9.18 Å². The number of nitrogens with one attached hydrogen (secondary N) is 1. The summed E-state index contributed by atoms with van der Waals surface area (Å²) in [4.78, 5) is 26.0. The number of hydrogen-bond acceptors (Lipinski definition) is 6. The molecule has 9 nitrogen and oxygen atoms in total. The highest BCUT2D eigenvalue weighted by Crippen LogP contribution is 2.39. The fourth-order valence-electron chi connectivity index (χ4n) is 3.91. The molecule has 1 N–H and O–H groups in total. The molecule has 1 saturated carbocycles. The number of aromatic nitrogens is 7. The lowest BCUT2D eigenvalue weighted by atomic mass is 10.1. The summed E-state index contributed by atoms with van der Waals surface area (Å²) in [6, 6.07) is 8.04. The molecule has 10 heteroatoms. The second-order valence-electron chi connectivity index (χ2n) is 8.29. The van der Waals surface area contributed by atoms with Gasteiger partial charge in [0.15, 0.2) is 11.5 Å². The van der Waals surface area contributed by atoms with Crippen LogP contribution in [-0.2, 0) is 0 Å². The molecule has 0 radical (unpaired) electrons. The Kier molecular flexibility index (Phi) is 4.65. The smallest absolute Gasteiger partial charge is 0.259 e. The zero-order valence-electron chi connectivity index (χ0n) is 18.2. The summed E-state index contributed by atoms with van der Waals surface area (Å²) in [6.07, 6.45) is 10.9. The molecule has 0 spiro atoms. The van der Waals surface area contributed by atoms with Crippen molar-refractivity contribution in [3.63, 3.8) is 0 Å². The van der Waals surface area contributed by atoms with E-state index in [1.165, 1.54) is 6.07 Å². The first kappa shape index (κ1) is 20.2. The molecule has 4 aromatic heterocycles. The average molecular weight is 454 g/mol. The van der Waals surface area contributed by atoms with E-state index in [-0.39, 0.29) is 11.4 Å². The van der Waals surface area contributed by atoms with Gasteiger partial charge in [0.05, 0.1) is 29.5 Å². The Balaban J connectivity index is 1.30. The molecule has 1 aliphatic carbocycles. The Bertz CT molecular complexity index is 1550. The molecule has 1 amide bonds. The number of imidazole rings is 1. The number of anilines is 1. The van der Waals surface area contributed by atoms with E-state index in [1.54, 1.807) is 60.5 Å². The number of carbonyl (C=O) groups excluding carboxylic acids is 1. The van der Waals surface area contributed by atoms with Gasteiger partial charge in [-0.1, -0.05) is 6.07 Å². The molecular weight excluding hydrogens is 435 g/mol. The second kappa shape index (κ2) is 7.84. The number of benzene rings is 1. The van der Waals surface area contributed by atoms with E-state index in [9.17, 15) is 9.18 Å². The van der Waals surface area contributed by atoms with E-state index in [0.717, 1.165) is 18.5 Å². The summed E-state index contributed by atoms with van der Waals surface area (Å²) in [5.41, 5.74) is 3.44. The molecule has 34 heavy (non-hydrogen) atoms. The van der Waals surface area contributed by atoms with Crippen LogP contribution in [0.25, 0.3) is 22.9 Å². The van der Waals surface area contributed by atoms with Crippen LogP contribution in [-0.4, -0.2) is 40.0 Å². The van der Waals surface area contributed by atoms with Crippen molar-refractivity contribution in [1.29, 1.82) is 0 Å². The highest BCUT2D eigenvalue weighted by molar-refractivity contribution is 6.04. The number of hydrogen-bond donors (Lipinski definition) is 1. The third-order valence-corrected chi connectivity index (χ3v) is 5.84. The van der Waals surface area contributed by atoms with Crippen molar-refractivity contribution in [1.82, 2.24) is 34.1 Å². The molecule has 0 unspecified atom stereocenters. The SMILES string of the molecule is Cc1cc(F)c(C(=O)Nc2cccc(-c3nnc4cnccn34)n2)cc1-n1cnc(C2CC2)c1. The fourth-order valence-corrected chi connectivity index (χ4v) is 3.91. The predicted molar refractivity (Wildman–Crippen MR) is 122 cm³/mol. The average Bonchev–Trinajstić information content (AvgIpc) is 3.41. The first-order valence-electron chi connectivity index (χ1n) is 10.8. The zero-order chi connectivity index (χ0) is 23.2. The predicted octanol–water partition coefficient (Wildman–Crippen LogP) is 3.95. The van der Waals surface area contributed by atoms with Crippen molar-refractivity contribution in [2.75, 3.05) is 5.32 Å². The molecule has 0 atom stereocenters. The van der Waals surface area contributed by atoms with Crippen LogP contribution in [0.15, 0.2) is 61.4 Å². The summed E-state index contributed by atoms with van der Waals surface area (Å²) >= 11 is 0. The number of nitrogens with zero attached hydrogens (tertiary/aromatic N) is 7. The summed E-state index contributed by atoms with van der Waals surface area (Å²) in [5.74, 6) is 0.0776. The van der Waals surface area contributed by atoms with E-state index >= 15 is 0 Å². The molecule has 0 aliphatic heterocycles. The van der Waals surface area contributed by atoms with Gasteiger partial charge in [0.1, 0.15) is 17.3 Å². The summed E-state index contributed by atoms with van der Waals surface area (Å²) in [5, 5.41) is 10.9. The van der Waals surface area contributed by atoms with Gasteiger partial charge in [-0.2, -0.15) is 0 Å². The van der Waals surface area contributed by atoms with Crippen LogP contribution in [0.5, 0.6) is 0 Å². The normalized spacial score (nSPS) is 13.4. The van der Waals surface area contributed by atoms with Gasteiger partial charge in [-0.05, 0) is 49.6 Å². The largest absolute Gasteiger partial charge is 0.306 e. The van der Waals surface area contributed by atoms with E-state index in [2.05, 4.69) is 30.5 Å². The molecule has 1 aromatic carbocycles. The number of rotatable bonds is 5. The van der Waals surface area contributed by atoms with Crippen LogP contribution in [0.2, 0.25) is 0 Å². The molecule has 0 saturated heterocycles. The lowest BCUT2D eigenvalue weighted by molar-refractivity contribution is 0.102. The number of pyridine rings is 1. The Morgan fingerprint density at radius 1 is 1.21 bits per heavy atom. The Morgan fingerprint density at radius 2 is 2.09 bits per heavy atom. The number of carbonyl (C=O) groups is 1. The molecule has 1 fully saturated rings. The Labute approximate surface area is 193 Å². The van der Waals surface area contributed by atoms with Crippen LogP contribution in [0.1, 0.15) is 40.4 Å². The monoisotopic (exact) mass is 454 g/mol. The highest BCUT2D eigenvalue weighted by atomic mass is 19.1. The lowest BCUT2D eigenvalue weighted by Gasteiger charge is -2.11. The lowest BCUT2D eigenvalue weighted by Crippen LogP contribution is -2.16. The minimum atomic E-state index is -0.603. The molecule has 5 aromatic rings. The quantitative estimate of drug-likeness (QED) is 0.431. The third-order valence-electron chi connectivity index (χ3n) is 5.84. The topological polar surface area (TPSA) is 103 Å². The van der Waals surface area contributed by atoms with Crippen molar-refractivity contribution >= 4 is 17.4 Å². The van der Waals surface area contributed by atoms with E-state index in [4.69, 9.17) is 0 Å². The number of halogens is 1. The Morgan fingerprint density at radius 3 is 2.94 bits per heavy atom. The van der Waals surface area contributed by atoms with Crippen molar-refractivity contribution in [2.45, 2.75) is 25.7 Å². The summed E-state index contributed by atoms with van der Waals surface area (Å²) in [6.45, 7) is 1.81. The van der Waals surface area contributed by atoms with Gasteiger partial charge in [-0.3, -0.25) is 14.2 Å². The second-order valence-corrected chi connectivity index (χ2v) is 8.29. The summed E-state index contributed by atoms with van der Waals surface area (Å²) in [7, 11) is 0. The number of aryl methyl sites for hydroxylation is 1. The minimum Gasteiger partial charge on any atom is -0.306 e. The van der Waals surface area contributed by atoms with Crippen molar-refractivity contribution in [3.8, 4) is 17.2 Å². The fraction of sp³-hybridized carbons (Fsp3) is 0.167. The standard InChI is InChI=1S/C24H19FN8O/c1-14-9-17(25)16(10-20(14)32-12-19(27-13-32)15-5-6-15)24(34)29-21-4-2-3-18(28-21)23-31-30-22-11-26-7-8-33(22)23/h2-4,7-13,15H,5-6H2,1H3,(H,28,29,34). The van der Waals surface area contributed by atoms with E-state index < -0.39 is 11.7 Å². The molecule has 168 valence electrons. The zero-order valence-corrected chi connectivity index (χ0v) is 18.2. The van der Waals surface area contributed by atoms with Crippen molar-refractivity contribution in [2.24, 2.45) is 0 Å². The number of fused-ring (bicyclic) bond motifs is 1. The van der Waals surface area contributed by atoms with Gasteiger partial charge < -0.3 is 9.88 Å². The van der Waals surface area contributed by atoms with E-state index in [0.29, 0.717) is 34.3 Å². The molecule has 0 bridgehead atoms. The van der Waals surface area contributed by atoms with Crippen LogP contribution in [0, 0.1) is 12.7 Å². The van der Waals surface area contributed by atoms with Crippen LogP contribution in [0.3, 0.4) is 0 Å². The molecule has 4 heterocycles. The van der Waals surface area contributed by atoms with Gasteiger partial charge >= 0.3 is 0 Å². The van der Waals surface area contributed by atoms with Gasteiger partial charge in [0, 0.05) is 24.5 Å². The third kappa shape index (κ3) is 3.58. The maximum atomic E-state index is 14.8. The maximum Gasteiger partial charge on any atom is 0.259 e. The molecule has 1 aliphatic rings. The Hall–Kier alpha value is -4.47. The minimum absolute atomic E-state index is 0.0755. The van der Waals surface area contributed by atoms with E-state index in [1.807, 2.05) is 10.8 Å². The highest BCUT2D eigenvalue weighted by Gasteiger charge is 2.26. The van der Waals surface area contributed by atoms with Gasteiger partial charge in [0.2, 0.25) is 0 Å². The first-order chi connectivity index (χ1) is 16.6. The molecule has 6 rings (SSSR count). The van der Waals surface area contributed by atoms with Gasteiger partial charge in [-0.15, -0.1) is 10.2 Å². The van der Waals surface area contributed by atoms with Crippen LogP contribution in [0.4, 0.5) is 10.2 Å². The summed E-state index contributed by atoms with van der Waals surface area (Å²) < 4.78 is 18.4. The molecular formula is C24H19FN8O. The van der Waals surface area contributed by atoms with Crippen molar-refractivity contribution in [3.05, 3.63) is 84.1 Å². The van der Waals surface area contributed by atoms with Gasteiger partial charge in [-0.25, -0.2) is 14.4 Å². The van der Waals surface area contributed by atoms with Gasteiger partial charge in [0.25, 0.3) is 5.91 Å². The van der Waals surface area contributed by atoms with Crippen LogP contribution >= 0.6 is 0 Å². The number of amides is 1. The first-order valence-corrected chi connectivity index (χ1v) is 10.8. The maximum absolute atomic E-state index is 14.8. The van der Waals surface area contributed by atoms with Crippen LogP contribution < -0.4 is 5.32 Å².